The third-order valence-electron chi connectivity index (χ3n) is 1.13. The summed E-state index contributed by atoms with van der Waals surface area (Å²) in [5, 5.41) is 12.2. The normalized spacial score (nSPS) is 12.6. The Labute approximate surface area is 64.0 Å². The van der Waals surface area contributed by atoms with Crippen LogP contribution in [0, 0.1) is 0 Å². The van der Waals surface area contributed by atoms with Crippen molar-refractivity contribution in [2.45, 2.75) is 0 Å². The molecule has 0 saturated heterocycles. The van der Waals surface area contributed by atoms with Gasteiger partial charge in [-0.25, -0.2) is 0 Å². The van der Waals surface area contributed by atoms with Crippen molar-refractivity contribution in [3.05, 3.63) is 16.8 Å². The molecule has 0 aliphatic carbocycles. The highest BCUT2D eigenvalue weighted by Gasteiger charge is 1.80. The van der Waals surface area contributed by atoms with Crippen LogP contribution in [0.4, 0.5) is 0 Å². The Kier molecular flexibility index (Phi) is 2.43. The Morgan fingerprint density at radius 1 is 1.64 bits per heavy atom. The molecule has 11 heavy (non-hydrogen) atoms. The zero-order chi connectivity index (χ0) is 8.10. The Hall–Kier alpha value is -1.58. The number of aliphatic imine (C=N–C) groups is 1. The molecular weight excluding hydrogens is 140 g/mol. The standard InChI is InChI=1S/C7H8N4/c1-6-5-9-11-10-7(6)3-4-8-2/h3-5H,1H2,2H3/b7-3+,8-4?. The second-order valence-corrected chi connectivity index (χ2v) is 1.92. The van der Waals surface area contributed by atoms with Gasteiger partial charge in [-0.2, -0.15) is 0 Å². The maximum Gasteiger partial charge on any atom is 0.0972 e. The number of hydrogen-bond acceptors (Lipinski definition) is 4. The van der Waals surface area contributed by atoms with Gasteiger partial charge in [-0.1, -0.05) is 6.58 Å². The summed E-state index contributed by atoms with van der Waals surface area (Å²) in [4.78, 5) is 3.78. The molecule has 0 unspecified atom stereocenters. The van der Waals surface area contributed by atoms with E-state index in [0.717, 1.165) is 5.22 Å². The van der Waals surface area contributed by atoms with E-state index in [1.807, 2.05) is 0 Å². The van der Waals surface area contributed by atoms with Crippen molar-refractivity contribution in [1.82, 2.24) is 15.4 Å². The Balaban J connectivity index is 3.24. The third kappa shape index (κ3) is 1.93. The molecule has 0 spiro atoms. The van der Waals surface area contributed by atoms with E-state index in [1.165, 1.54) is 0 Å². The highest BCUT2D eigenvalue weighted by Crippen LogP contribution is 1.54. The third-order valence-corrected chi connectivity index (χ3v) is 1.13. The van der Waals surface area contributed by atoms with E-state index in [-0.39, 0.29) is 0 Å². The molecule has 56 valence electrons. The summed E-state index contributed by atoms with van der Waals surface area (Å²) in [7, 11) is 1.69. The Bertz CT molecular complexity index is 355. The van der Waals surface area contributed by atoms with Crippen molar-refractivity contribution in [1.29, 1.82) is 0 Å². The van der Waals surface area contributed by atoms with Crippen molar-refractivity contribution in [2.75, 3.05) is 7.05 Å². The summed E-state index contributed by atoms with van der Waals surface area (Å²) < 4.78 is 0. The van der Waals surface area contributed by atoms with Crippen LogP contribution in [0.5, 0.6) is 0 Å². The quantitative estimate of drug-likeness (QED) is 0.468. The van der Waals surface area contributed by atoms with Gasteiger partial charge in [0.1, 0.15) is 0 Å². The van der Waals surface area contributed by atoms with Crippen LogP contribution < -0.4 is 10.6 Å². The van der Waals surface area contributed by atoms with Crippen LogP contribution in [0.25, 0.3) is 12.7 Å². The largest absolute Gasteiger partial charge is 0.296 e. The first-order valence-corrected chi connectivity index (χ1v) is 3.10. The molecule has 1 aromatic heterocycles. The molecule has 0 aliphatic heterocycles. The van der Waals surface area contributed by atoms with E-state index < -0.39 is 0 Å². The molecule has 0 aromatic carbocycles. The van der Waals surface area contributed by atoms with E-state index in [0.29, 0.717) is 5.35 Å². The van der Waals surface area contributed by atoms with E-state index in [1.54, 1.807) is 25.5 Å². The minimum atomic E-state index is 0.700. The van der Waals surface area contributed by atoms with E-state index in [9.17, 15) is 0 Å². The minimum Gasteiger partial charge on any atom is -0.296 e. The van der Waals surface area contributed by atoms with Gasteiger partial charge in [0.2, 0.25) is 0 Å². The zero-order valence-corrected chi connectivity index (χ0v) is 6.23. The molecule has 0 bridgehead atoms. The van der Waals surface area contributed by atoms with Crippen LogP contribution in [0.1, 0.15) is 0 Å². The van der Waals surface area contributed by atoms with Gasteiger partial charge in [-0.15, -0.1) is 10.2 Å². The average Bonchev–Trinajstić information content (AvgIpc) is 2.03. The van der Waals surface area contributed by atoms with Crippen molar-refractivity contribution >= 4 is 18.9 Å². The summed E-state index contributed by atoms with van der Waals surface area (Å²) in [5.74, 6) is 0. The van der Waals surface area contributed by atoms with Gasteiger partial charge < -0.3 is 0 Å². The zero-order valence-electron chi connectivity index (χ0n) is 6.23. The number of rotatable bonds is 1. The fourth-order valence-electron chi connectivity index (χ4n) is 0.585. The maximum absolute atomic E-state index is 3.78. The van der Waals surface area contributed by atoms with Crippen LogP contribution in [0.15, 0.2) is 11.2 Å². The summed E-state index contributed by atoms with van der Waals surface area (Å²) in [5.41, 5.74) is 0. The Morgan fingerprint density at radius 2 is 2.45 bits per heavy atom. The van der Waals surface area contributed by atoms with Crippen LogP contribution in [-0.2, 0) is 0 Å². The molecule has 1 heterocycles. The molecule has 0 aliphatic rings. The first-order chi connectivity index (χ1) is 5.34. The van der Waals surface area contributed by atoms with Crippen molar-refractivity contribution in [3.63, 3.8) is 0 Å². The van der Waals surface area contributed by atoms with Crippen molar-refractivity contribution in [3.8, 4) is 0 Å². The van der Waals surface area contributed by atoms with Crippen LogP contribution in [0.3, 0.4) is 0 Å². The fraction of sp³-hybridized carbons (Fsp3) is 0.143. The lowest BCUT2D eigenvalue weighted by Crippen LogP contribution is -2.28. The second kappa shape index (κ2) is 3.55. The molecule has 0 N–H and O–H groups in total. The summed E-state index contributed by atoms with van der Waals surface area (Å²) in [6.07, 6.45) is 4.93. The smallest absolute Gasteiger partial charge is 0.0972 e. The molecule has 1 rings (SSSR count). The van der Waals surface area contributed by atoms with Crippen molar-refractivity contribution in [2.24, 2.45) is 4.99 Å². The molecule has 4 heteroatoms. The molecule has 1 aromatic rings. The predicted octanol–water partition coefficient (Wildman–Crippen LogP) is -1.24. The van der Waals surface area contributed by atoms with Crippen LogP contribution >= 0.6 is 0 Å². The highest BCUT2D eigenvalue weighted by atomic mass is 15.3. The summed E-state index contributed by atoms with van der Waals surface area (Å²) in [6.45, 7) is 3.72. The SMILES string of the molecule is C=c1cnnn/c1=C/C=NC. The molecular formula is C7H8N4. The van der Waals surface area contributed by atoms with Gasteiger partial charge >= 0.3 is 0 Å². The second-order valence-electron chi connectivity index (χ2n) is 1.92. The minimum absolute atomic E-state index is 0.700. The van der Waals surface area contributed by atoms with Gasteiger partial charge in [0.05, 0.1) is 11.5 Å². The number of aromatic nitrogens is 3. The van der Waals surface area contributed by atoms with Crippen molar-refractivity contribution < 1.29 is 0 Å². The van der Waals surface area contributed by atoms with E-state index in [2.05, 4.69) is 27.0 Å². The monoisotopic (exact) mass is 148 g/mol. The number of hydrogen-bond donors (Lipinski definition) is 0. The van der Waals surface area contributed by atoms with Crippen LogP contribution in [-0.4, -0.2) is 28.7 Å². The summed E-state index contributed by atoms with van der Waals surface area (Å²) >= 11 is 0. The molecule has 0 amide bonds. The average molecular weight is 148 g/mol. The molecule has 0 saturated carbocycles. The van der Waals surface area contributed by atoms with Gasteiger partial charge in [0.15, 0.2) is 0 Å². The predicted molar refractivity (Wildman–Crippen MR) is 43.5 cm³/mol. The van der Waals surface area contributed by atoms with E-state index >= 15 is 0 Å². The molecule has 4 nitrogen and oxygen atoms in total. The number of nitrogens with zero attached hydrogens (tertiary/aromatic N) is 4. The Morgan fingerprint density at radius 3 is 3.09 bits per heavy atom. The first-order valence-electron chi connectivity index (χ1n) is 3.10. The lowest BCUT2D eigenvalue weighted by Gasteiger charge is -1.80. The highest BCUT2D eigenvalue weighted by molar-refractivity contribution is 5.90. The van der Waals surface area contributed by atoms with Gasteiger partial charge in [-0.05, 0) is 11.3 Å². The van der Waals surface area contributed by atoms with Gasteiger partial charge in [0, 0.05) is 18.5 Å². The maximum atomic E-state index is 3.78. The van der Waals surface area contributed by atoms with Gasteiger partial charge in [-0.3, -0.25) is 4.99 Å². The van der Waals surface area contributed by atoms with Crippen LogP contribution in [0.2, 0.25) is 0 Å². The molecule has 0 atom stereocenters. The molecule has 0 fully saturated rings. The van der Waals surface area contributed by atoms with Gasteiger partial charge in [0.25, 0.3) is 0 Å². The lowest BCUT2D eigenvalue weighted by atomic mass is 10.4. The first kappa shape index (κ1) is 7.53. The topological polar surface area (TPSA) is 51.0 Å². The van der Waals surface area contributed by atoms with E-state index in [4.69, 9.17) is 0 Å². The lowest BCUT2D eigenvalue weighted by molar-refractivity contribution is 0.835. The summed E-state index contributed by atoms with van der Waals surface area (Å²) in [6, 6.07) is 0. The molecule has 0 radical (unpaired) electrons. The fourth-order valence-corrected chi connectivity index (χ4v) is 0.585.